The monoisotopic (exact) mass is 648 g/mol. The van der Waals surface area contributed by atoms with Crippen LogP contribution in [-0.4, -0.2) is 66.7 Å². The molecule has 1 aliphatic carbocycles. The maximum atomic E-state index is 16.1. The van der Waals surface area contributed by atoms with E-state index in [1.807, 2.05) is 11.8 Å². The van der Waals surface area contributed by atoms with Gasteiger partial charge in [0.2, 0.25) is 15.9 Å². The van der Waals surface area contributed by atoms with Gasteiger partial charge >= 0.3 is 5.69 Å². The number of nitrogens with zero attached hydrogens (tertiary/aromatic N) is 5. The van der Waals surface area contributed by atoms with Crippen molar-refractivity contribution in [3.8, 4) is 16.8 Å². The number of aromatic nitrogens is 2. The van der Waals surface area contributed by atoms with Crippen LogP contribution in [0, 0.1) is 18.6 Å². The van der Waals surface area contributed by atoms with Crippen LogP contribution >= 0.6 is 0 Å². The molecule has 0 unspecified atom stereocenters. The zero-order valence-electron chi connectivity index (χ0n) is 25.7. The van der Waals surface area contributed by atoms with Crippen molar-refractivity contribution < 1.29 is 22.0 Å². The van der Waals surface area contributed by atoms with Gasteiger partial charge in [-0.25, -0.2) is 22.0 Å². The zero-order valence-corrected chi connectivity index (χ0v) is 26.5. The van der Waals surface area contributed by atoms with Crippen molar-refractivity contribution in [2.45, 2.75) is 38.0 Å². The predicted octanol–water partition coefficient (Wildman–Crippen LogP) is 4.37. The van der Waals surface area contributed by atoms with Crippen molar-refractivity contribution in [2.75, 3.05) is 41.6 Å². The van der Waals surface area contributed by atoms with E-state index in [2.05, 4.69) is 11.6 Å². The Kier molecular flexibility index (Phi) is 7.83. The van der Waals surface area contributed by atoms with Gasteiger partial charge in [-0.3, -0.25) is 13.7 Å². The van der Waals surface area contributed by atoms with E-state index in [0.29, 0.717) is 38.0 Å². The number of hydrogen-bond donors (Lipinski definition) is 1. The summed E-state index contributed by atoms with van der Waals surface area (Å²) in [5, 5.41) is -0.273. The summed E-state index contributed by atoms with van der Waals surface area (Å²) in [5.41, 5.74) is 6.28. The summed E-state index contributed by atoms with van der Waals surface area (Å²) in [6.45, 7) is 8.09. The average Bonchev–Trinajstić information content (AvgIpc) is 3.87. The molecule has 1 atom stereocenters. The maximum Gasteiger partial charge on any atom is 0.354 e. The number of sulfonamides is 1. The minimum Gasteiger partial charge on any atom is -0.398 e. The van der Waals surface area contributed by atoms with Crippen LogP contribution in [0.5, 0.6) is 0 Å². The third kappa shape index (κ3) is 5.17. The summed E-state index contributed by atoms with van der Waals surface area (Å²) in [6.07, 6.45) is 2.33. The molecule has 240 valence electrons. The summed E-state index contributed by atoms with van der Waals surface area (Å²) < 4.78 is 60.4. The number of hydrogen-bond acceptors (Lipinski definition) is 7. The number of carbonyl (C=O) groups is 1. The Balaban J connectivity index is 1.65. The van der Waals surface area contributed by atoms with Crippen LogP contribution in [0.25, 0.3) is 27.7 Å². The molecule has 13 heteroatoms. The minimum atomic E-state index is -3.72. The Hall–Kier alpha value is -4.78. The number of anilines is 3. The van der Waals surface area contributed by atoms with E-state index in [9.17, 15) is 18.0 Å². The quantitative estimate of drug-likeness (QED) is 0.233. The molecule has 2 N–H and O–H groups in total. The van der Waals surface area contributed by atoms with Gasteiger partial charge < -0.3 is 15.5 Å². The highest BCUT2D eigenvalue weighted by molar-refractivity contribution is 7.93. The van der Waals surface area contributed by atoms with Crippen molar-refractivity contribution in [1.82, 2.24) is 14.5 Å². The second-order valence-corrected chi connectivity index (χ2v) is 14.0. The fourth-order valence-electron chi connectivity index (χ4n) is 6.20. The first-order chi connectivity index (χ1) is 21.8. The molecule has 0 bridgehead atoms. The highest BCUT2D eigenvalue weighted by Crippen LogP contribution is 2.40. The van der Waals surface area contributed by atoms with Crippen LogP contribution in [0.15, 0.2) is 66.0 Å². The lowest BCUT2D eigenvalue weighted by molar-refractivity contribution is -0.126. The van der Waals surface area contributed by atoms with Crippen LogP contribution in [-0.2, 0) is 14.8 Å². The largest absolute Gasteiger partial charge is 0.398 e. The summed E-state index contributed by atoms with van der Waals surface area (Å²) >= 11 is 0. The van der Waals surface area contributed by atoms with Crippen molar-refractivity contribution >= 4 is 44.0 Å². The molecule has 46 heavy (non-hydrogen) atoms. The van der Waals surface area contributed by atoms with Gasteiger partial charge in [0.1, 0.15) is 17.5 Å². The average molecular weight is 649 g/mol. The molecule has 2 fully saturated rings. The Labute approximate surface area is 265 Å². The second kappa shape index (κ2) is 11.5. The van der Waals surface area contributed by atoms with Gasteiger partial charge in [-0.1, -0.05) is 24.8 Å². The number of para-hydroxylation sites is 1. The van der Waals surface area contributed by atoms with Crippen molar-refractivity contribution in [3.05, 3.63) is 88.9 Å². The molecule has 1 aromatic heterocycles. The van der Waals surface area contributed by atoms with Gasteiger partial charge in [0.25, 0.3) is 0 Å². The molecule has 1 saturated heterocycles. The van der Waals surface area contributed by atoms with E-state index in [-0.39, 0.29) is 56.9 Å². The summed E-state index contributed by atoms with van der Waals surface area (Å²) in [7, 11) is -2.28. The van der Waals surface area contributed by atoms with Gasteiger partial charge in [0.05, 0.1) is 22.1 Å². The second-order valence-electron chi connectivity index (χ2n) is 11.8. The lowest BCUT2D eigenvalue weighted by atomic mass is 9.99. The first-order valence-electron chi connectivity index (χ1n) is 14.9. The van der Waals surface area contributed by atoms with Crippen molar-refractivity contribution in [2.24, 2.45) is 0 Å². The zero-order chi connectivity index (χ0) is 33.1. The highest BCUT2D eigenvalue weighted by atomic mass is 32.2. The van der Waals surface area contributed by atoms with Crippen LogP contribution in [0.2, 0.25) is 0 Å². The van der Waals surface area contributed by atoms with Crippen LogP contribution < -0.4 is 20.6 Å². The maximum absolute atomic E-state index is 16.1. The van der Waals surface area contributed by atoms with E-state index in [1.165, 1.54) is 52.3 Å². The number of amides is 1. The van der Waals surface area contributed by atoms with Crippen LogP contribution in [0.4, 0.5) is 26.0 Å². The predicted molar refractivity (Wildman–Crippen MR) is 176 cm³/mol. The molecule has 1 amide bonds. The Morgan fingerprint density at radius 2 is 1.83 bits per heavy atom. The number of carbonyl (C=O) groups excluding carboxylic acids is 1. The summed E-state index contributed by atoms with van der Waals surface area (Å²) in [5.74, 6) is -1.57. The number of rotatable bonds is 7. The summed E-state index contributed by atoms with van der Waals surface area (Å²) in [4.78, 5) is 34.4. The Morgan fingerprint density at radius 1 is 1.11 bits per heavy atom. The van der Waals surface area contributed by atoms with E-state index in [1.54, 1.807) is 30.0 Å². The molecule has 4 aromatic rings. The van der Waals surface area contributed by atoms with Gasteiger partial charge in [-0.2, -0.15) is 4.98 Å². The summed E-state index contributed by atoms with van der Waals surface area (Å²) in [6, 6.07) is 11.3. The van der Waals surface area contributed by atoms with Crippen LogP contribution in [0.1, 0.15) is 25.3 Å². The molecule has 1 saturated carbocycles. The highest BCUT2D eigenvalue weighted by Gasteiger charge is 2.40. The first kappa shape index (κ1) is 31.2. The van der Waals surface area contributed by atoms with Crippen molar-refractivity contribution in [3.63, 3.8) is 0 Å². The van der Waals surface area contributed by atoms with E-state index >= 15 is 8.78 Å². The Morgan fingerprint density at radius 3 is 2.48 bits per heavy atom. The van der Waals surface area contributed by atoms with Crippen LogP contribution in [0.3, 0.4) is 0 Å². The van der Waals surface area contributed by atoms with Gasteiger partial charge in [-0.05, 0) is 68.7 Å². The molecule has 2 heterocycles. The number of benzene rings is 3. The van der Waals surface area contributed by atoms with Gasteiger partial charge in [0.15, 0.2) is 0 Å². The number of piperazine rings is 1. The molecular formula is C33H34F2N6O4S. The number of nitrogens with two attached hydrogens (primary N) is 1. The van der Waals surface area contributed by atoms with E-state index in [0.717, 1.165) is 0 Å². The molecule has 10 nitrogen and oxygen atoms in total. The molecular weight excluding hydrogens is 614 g/mol. The topological polar surface area (TPSA) is 122 Å². The smallest absolute Gasteiger partial charge is 0.354 e. The normalized spacial score (nSPS) is 16.9. The third-order valence-electron chi connectivity index (χ3n) is 8.77. The fraction of sp³-hybridized carbons (Fsp3) is 0.303. The number of fused-ring (bicyclic) bond motifs is 1. The number of nitrogen functional groups attached to an aromatic ring is 1. The minimum absolute atomic E-state index is 0.00453. The SMILES string of the molecule is C=CC(=O)N1CCN(c2nc(=O)n(-c3c(C)cccc3N(C)S(=O)(=O)C3CC3)c3cc(-c4c(N)cccc4F)c(F)cc23)[C@@H](C)C1. The van der Waals surface area contributed by atoms with Crippen molar-refractivity contribution in [1.29, 1.82) is 0 Å². The van der Waals surface area contributed by atoms with E-state index in [4.69, 9.17) is 5.73 Å². The molecule has 6 rings (SSSR count). The number of halogens is 2. The lowest BCUT2D eigenvalue weighted by Crippen LogP contribution is -2.54. The number of aryl methyl sites for hydroxylation is 1. The fourth-order valence-corrected chi connectivity index (χ4v) is 7.80. The standard InChI is InChI=1S/C33H34F2N6O4S/c1-5-29(42)39-14-15-40(20(3)18-39)32-23-16-25(35)22(30-24(34)9-7-10-26(30)36)17-28(23)41(33(43)37-32)31-19(2)8-6-11-27(31)38(4)46(44,45)21-12-13-21/h5-11,16-17,20-21H,1,12-15,18,36H2,2-4H3/t20-/m0/s1. The molecule has 0 radical (unpaired) electrons. The first-order valence-corrected chi connectivity index (χ1v) is 16.4. The third-order valence-corrected chi connectivity index (χ3v) is 11.0. The Bertz CT molecular complexity index is 2060. The van der Waals surface area contributed by atoms with Gasteiger partial charge in [0, 0.05) is 54.9 Å². The lowest BCUT2D eigenvalue weighted by Gasteiger charge is -2.40. The molecule has 3 aromatic carbocycles. The molecule has 2 aliphatic rings. The van der Waals surface area contributed by atoms with Gasteiger partial charge in [-0.15, -0.1) is 0 Å². The molecule has 0 spiro atoms. The van der Waals surface area contributed by atoms with E-state index < -0.39 is 32.6 Å². The molecule has 1 aliphatic heterocycles.